The predicted molar refractivity (Wildman–Crippen MR) is 93.2 cm³/mol. The SMILES string of the molecule is CC(C)(C)N1CCCC(C(OCCN)c2cccc(Cl)c2)C1. The molecule has 0 spiro atoms. The van der Waals surface area contributed by atoms with Gasteiger partial charge >= 0.3 is 0 Å². The Morgan fingerprint density at radius 3 is 2.82 bits per heavy atom. The van der Waals surface area contributed by atoms with Crippen LogP contribution < -0.4 is 5.73 Å². The fourth-order valence-electron chi connectivity index (χ4n) is 3.25. The van der Waals surface area contributed by atoms with Crippen LogP contribution in [0.3, 0.4) is 0 Å². The first-order chi connectivity index (χ1) is 10.4. The van der Waals surface area contributed by atoms with E-state index in [-0.39, 0.29) is 11.6 Å². The minimum atomic E-state index is 0.0763. The van der Waals surface area contributed by atoms with Crippen LogP contribution in [-0.2, 0) is 4.74 Å². The summed E-state index contributed by atoms with van der Waals surface area (Å²) in [4.78, 5) is 2.56. The average Bonchev–Trinajstić information content (AvgIpc) is 2.47. The van der Waals surface area contributed by atoms with Crippen LogP contribution in [-0.4, -0.2) is 36.7 Å². The minimum Gasteiger partial charge on any atom is -0.372 e. The van der Waals surface area contributed by atoms with Gasteiger partial charge in [-0.2, -0.15) is 0 Å². The number of nitrogens with zero attached hydrogens (tertiary/aromatic N) is 1. The summed E-state index contributed by atoms with van der Waals surface area (Å²) < 4.78 is 6.12. The fourth-order valence-corrected chi connectivity index (χ4v) is 3.45. The second kappa shape index (κ2) is 7.78. The van der Waals surface area contributed by atoms with Gasteiger partial charge in [0, 0.05) is 29.6 Å². The molecule has 0 saturated carbocycles. The molecule has 1 heterocycles. The van der Waals surface area contributed by atoms with Crippen LogP contribution in [0.5, 0.6) is 0 Å². The van der Waals surface area contributed by atoms with Crippen LogP contribution in [0, 0.1) is 5.92 Å². The first kappa shape index (κ1) is 17.7. The van der Waals surface area contributed by atoms with Crippen molar-refractivity contribution in [2.45, 2.75) is 45.3 Å². The standard InChI is InChI=1S/C18H29ClN2O/c1-18(2,3)21-10-5-7-15(13-21)17(22-11-9-20)14-6-4-8-16(19)12-14/h4,6,8,12,15,17H,5,7,9-11,13,20H2,1-3H3. The van der Waals surface area contributed by atoms with Crippen molar-refractivity contribution >= 4 is 11.6 Å². The number of likely N-dealkylation sites (tertiary alicyclic amines) is 1. The molecule has 2 rings (SSSR count). The van der Waals surface area contributed by atoms with E-state index in [4.69, 9.17) is 22.1 Å². The van der Waals surface area contributed by atoms with Crippen molar-refractivity contribution < 1.29 is 4.74 Å². The maximum absolute atomic E-state index is 6.17. The molecular formula is C18H29ClN2O. The Morgan fingerprint density at radius 2 is 2.18 bits per heavy atom. The van der Waals surface area contributed by atoms with Crippen LogP contribution in [0.2, 0.25) is 5.02 Å². The number of rotatable bonds is 5. The van der Waals surface area contributed by atoms with E-state index in [1.165, 1.54) is 24.9 Å². The smallest absolute Gasteiger partial charge is 0.0866 e. The zero-order chi connectivity index (χ0) is 16.2. The van der Waals surface area contributed by atoms with Gasteiger partial charge in [-0.05, 0) is 57.9 Å². The van der Waals surface area contributed by atoms with Gasteiger partial charge in [0.1, 0.15) is 0 Å². The Kier molecular flexibility index (Phi) is 6.27. The fraction of sp³-hybridized carbons (Fsp3) is 0.667. The normalized spacial score (nSPS) is 21.8. The number of nitrogens with two attached hydrogens (primary N) is 1. The molecule has 0 radical (unpaired) electrons. The summed E-state index contributed by atoms with van der Waals surface area (Å²) in [7, 11) is 0. The van der Waals surface area contributed by atoms with Gasteiger partial charge in [0.25, 0.3) is 0 Å². The van der Waals surface area contributed by atoms with E-state index in [9.17, 15) is 0 Å². The summed E-state index contributed by atoms with van der Waals surface area (Å²) in [5.74, 6) is 0.484. The maximum atomic E-state index is 6.17. The van der Waals surface area contributed by atoms with Crippen LogP contribution in [0.4, 0.5) is 0 Å². The highest BCUT2D eigenvalue weighted by atomic mass is 35.5. The molecule has 0 bridgehead atoms. The second-order valence-electron chi connectivity index (χ2n) is 7.15. The zero-order valence-corrected chi connectivity index (χ0v) is 14.8. The van der Waals surface area contributed by atoms with Gasteiger partial charge in [-0.25, -0.2) is 0 Å². The van der Waals surface area contributed by atoms with Crippen molar-refractivity contribution in [2.75, 3.05) is 26.2 Å². The third-order valence-electron chi connectivity index (χ3n) is 4.43. The summed E-state index contributed by atoms with van der Waals surface area (Å²) >= 11 is 6.17. The Labute approximate surface area is 139 Å². The van der Waals surface area contributed by atoms with E-state index < -0.39 is 0 Å². The molecule has 22 heavy (non-hydrogen) atoms. The maximum Gasteiger partial charge on any atom is 0.0866 e. The van der Waals surface area contributed by atoms with Gasteiger partial charge in [-0.3, -0.25) is 4.90 Å². The van der Waals surface area contributed by atoms with E-state index >= 15 is 0 Å². The van der Waals surface area contributed by atoms with E-state index in [0.29, 0.717) is 19.1 Å². The molecule has 1 aliphatic heterocycles. The van der Waals surface area contributed by atoms with Gasteiger partial charge in [0.2, 0.25) is 0 Å². The lowest BCUT2D eigenvalue weighted by molar-refractivity contribution is -0.0287. The summed E-state index contributed by atoms with van der Waals surface area (Å²) in [6, 6.07) is 8.05. The lowest BCUT2D eigenvalue weighted by atomic mass is 9.86. The quantitative estimate of drug-likeness (QED) is 0.893. The topological polar surface area (TPSA) is 38.5 Å². The van der Waals surface area contributed by atoms with Crippen molar-refractivity contribution in [1.29, 1.82) is 0 Å². The monoisotopic (exact) mass is 324 g/mol. The summed E-state index contributed by atoms with van der Waals surface area (Å²) in [6.45, 7) is 10.2. The lowest BCUT2D eigenvalue weighted by Gasteiger charge is -2.43. The Balaban J connectivity index is 2.17. The number of hydrogen-bond acceptors (Lipinski definition) is 3. The van der Waals surface area contributed by atoms with Crippen LogP contribution in [0.1, 0.15) is 45.3 Å². The molecule has 2 atom stereocenters. The number of hydrogen-bond donors (Lipinski definition) is 1. The molecule has 4 heteroatoms. The second-order valence-corrected chi connectivity index (χ2v) is 7.59. The van der Waals surface area contributed by atoms with Crippen LogP contribution in [0.25, 0.3) is 0 Å². The number of piperidine rings is 1. The Morgan fingerprint density at radius 1 is 1.41 bits per heavy atom. The van der Waals surface area contributed by atoms with Crippen LogP contribution >= 0.6 is 11.6 Å². The third kappa shape index (κ3) is 4.69. The van der Waals surface area contributed by atoms with Crippen molar-refractivity contribution in [3.05, 3.63) is 34.9 Å². The van der Waals surface area contributed by atoms with E-state index in [0.717, 1.165) is 11.6 Å². The van der Waals surface area contributed by atoms with E-state index in [1.807, 2.05) is 18.2 Å². The van der Waals surface area contributed by atoms with Gasteiger partial charge in [0.05, 0.1) is 12.7 Å². The molecule has 1 aromatic carbocycles. The molecule has 0 aromatic heterocycles. The number of benzene rings is 1. The predicted octanol–water partition coefficient (Wildman–Crippen LogP) is 3.87. The first-order valence-electron chi connectivity index (χ1n) is 8.24. The summed E-state index contributed by atoms with van der Waals surface area (Å²) in [5.41, 5.74) is 7.02. The molecule has 3 nitrogen and oxygen atoms in total. The first-order valence-corrected chi connectivity index (χ1v) is 8.62. The van der Waals surface area contributed by atoms with Gasteiger partial charge in [-0.15, -0.1) is 0 Å². The Hall–Kier alpha value is -0.610. The highest BCUT2D eigenvalue weighted by Gasteiger charge is 2.33. The molecule has 2 N–H and O–H groups in total. The summed E-state index contributed by atoms with van der Waals surface area (Å²) in [6.07, 6.45) is 2.48. The van der Waals surface area contributed by atoms with Crippen molar-refractivity contribution in [1.82, 2.24) is 4.90 Å². The molecule has 124 valence electrons. The van der Waals surface area contributed by atoms with Gasteiger partial charge in [-0.1, -0.05) is 23.7 Å². The lowest BCUT2D eigenvalue weighted by Crippen LogP contribution is -2.48. The van der Waals surface area contributed by atoms with Gasteiger partial charge in [0.15, 0.2) is 0 Å². The van der Waals surface area contributed by atoms with E-state index in [1.54, 1.807) is 0 Å². The number of ether oxygens (including phenoxy) is 1. The van der Waals surface area contributed by atoms with Crippen LogP contribution in [0.15, 0.2) is 24.3 Å². The minimum absolute atomic E-state index is 0.0763. The molecular weight excluding hydrogens is 296 g/mol. The van der Waals surface area contributed by atoms with Crippen molar-refractivity contribution in [3.8, 4) is 0 Å². The van der Waals surface area contributed by atoms with Crippen molar-refractivity contribution in [3.63, 3.8) is 0 Å². The molecule has 1 aliphatic rings. The highest BCUT2D eigenvalue weighted by molar-refractivity contribution is 6.30. The molecule has 0 aliphatic carbocycles. The third-order valence-corrected chi connectivity index (χ3v) is 4.66. The average molecular weight is 325 g/mol. The molecule has 1 fully saturated rings. The van der Waals surface area contributed by atoms with Gasteiger partial charge < -0.3 is 10.5 Å². The molecule has 1 saturated heterocycles. The molecule has 1 aromatic rings. The zero-order valence-electron chi connectivity index (χ0n) is 14.0. The summed E-state index contributed by atoms with van der Waals surface area (Å²) in [5, 5.41) is 0.766. The number of halogens is 1. The molecule has 0 amide bonds. The van der Waals surface area contributed by atoms with E-state index in [2.05, 4.69) is 31.7 Å². The Bertz CT molecular complexity index is 472. The largest absolute Gasteiger partial charge is 0.372 e. The molecule has 2 unspecified atom stereocenters. The van der Waals surface area contributed by atoms with Crippen molar-refractivity contribution in [2.24, 2.45) is 11.7 Å². The highest BCUT2D eigenvalue weighted by Crippen LogP contribution is 2.35.